The van der Waals surface area contributed by atoms with Gasteiger partial charge < -0.3 is 0 Å². The number of amides is 1. The topological polar surface area (TPSA) is 69.9 Å². The van der Waals surface area contributed by atoms with Gasteiger partial charge in [0.05, 0.1) is 0 Å². The zero-order valence-corrected chi connectivity index (χ0v) is 9.74. The molecule has 0 aliphatic rings. The fourth-order valence-electron chi connectivity index (χ4n) is 1.47. The first kappa shape index (κ1) is 11.7. The summed E-state index contributed by atoms with van der Waals surface area (Å²) < 4.78 is 0. The highest BCUT2D eigenvalue weighted by molar-refractivity contribution is 6.05. The molecule has 0 unspecified atom stereocenters. The Bertz CT molecular complexity index is 604. The molecule has 2 aromatic rings. The number of hydrogen-bond acceptors (Lipinski definition) is 4. The van der Waals surface area contributed by atoms with Crippen molar-refractivity contribution in [2.24, 2.45) is 0 Å². The summed E-state index contributed by atoms with van der Waals surface area (Å²) in [5, 5.41) is 8.75. The normalized spacial score (nSPS) is 9.56. The van der Waals surface area contributed by atoms with Gasteiger partial charge in [-0.2, -0.15) is 5.26 Å². The standard InChI is InChI=1S/C13H10N4O/c1-17(12-4-2-3-6-16-12)13(18)10-5-7-15-11(8-10)9-14/h2-8H,1H3. The predicted molar refractivity (Wildman–Crippen MR) is 65.9 cm³/mol. The van der Waals surface area contributed by atoms with Crippen LogP contribution in [0.3, 0.4) is 0 Å². The van der Waals surface area contributed by atoms with E-state index >= 15 is 0 Å². The summed E-state index contributed by atoms with van der Waals surface area (Å²) in [5.41, 5.74) is 0.630. The van der Waals surface area contributed by atoms with Gasteiger partial charge in [0.25, 0.3) is 5.91 Å². The average Bonchev–Trinajstić information content (AvgIpc) is 2.46. The zero-order chi connectivity index (χ0) is 13.0. The van der Waals surface area contributed by atoms with Crippen molar-refractivity contribution in [2.75, 3.05) is 11.9 Å². The minimum Gasteiger partial charge on any atom is -0.296 e. The van der Waals surface area contributed by atoms with Crippen LogP contribution in [0.4, 0.5) is 5.82 Å². The SMILES string of the molecule is CN(C(=O)c1ccnc(C#N)c1)c1ccccn1. The summed E-state index contributed by atoms with van der Waals surface area (Å²) in [7, 11) is 1.64. The van der Waals surface area contributed by atoms with E-state index in [2.05, 4.69) is 9.97 Å². The lowest BCUT2D eigenvalue weighted by molar-refractivity contribution is 0.0992. The smallest absolute Gasteiger partial charge is 0.259 e. The van der Waals surface area contributed by atoms with Crippen molar-refractivity contribution < 1.29 is 4.79 Å². The Hall–Kier alpha value is -2.74. The molecule has 0 spiro atoms. The number of rotatable bonds is 2. The highest BCUT2D eigenvalue weighted by Gasteiger charge is 2.14. The Labute approximate surface area is 104 Å². The van der Waals surface area contributed by atoms with Gasteiger partial charge in [-0.25, -0.2) is 9.97 Å². The lowest BCUT2D eigenvalue weighted by Crippen LogP contribution is -2.27. The van der Waals surface area contributed by atoms with Crippen molar-refractivity contribution in [3.63, 3.8) is 0 Å². The molecule has 5 nitrogen and oxygen atoms in total. The van der Waals surface area contributed by atoms with Crippen LogP contribution in [0, 0.1) is 11.3 Å². The summed E-state index contributed by atoms with van der Waals surface area (Å²) in [6.07, 6.45) is 3.06. The molecule has 88 valence electrons. The predicted octanol–water partition coefficient (Wildman–Crippen LogP) is 1.62. The van der Waals surface area contributed by atoms with Crippen LogP contribution in [0.5, 0.6) is 0 Å². The van der Waals surface area contributed by atoms with Gasteiger partial charge in [0.1, 0.15) is 17.6 Å². The highest BCUT2D eigenvalue weighted by atomic mass is 16.2. The van der Waals surface area contributed by atoms with Crippen LogP contribution < -0.4 is 4.90 Å². The Balaban J connectivity index is 2.29. The van der Waals surface area contributed by atoms with Gasteiger partial charge in [0, 0.05) is 25.0 Å². The van der Waals surface area contributed by atoms with Gasteiger partial charge in [-0.1, -0.05) is 6.07 Å². The number of carbonyl (C=O) groups is 1. The Kier molecular flexibility index (Phi) is 3.30. The van der Waals surface area contributed by atoms with E-state index < -0.39 is 0 Å². The largest absolute Gasteiger partial charge is 0.296 e. The number of carbonyl (C=O) groups excluding carboxylic acids is 1. The van der Waals surface area contributed by atoms with E-state index in [-0.39, 0.29) is 11.6 Å². The molecule has 2 heterocycles. The molecule has 0 bridgehead atoms. The van der Waals surface area contributed by atoms with Gasteiger partial charge in [-0.15, -0.1) is 0 Å². The molecular weight excluding hydrogens is 228 g/mol. The molecule has 2 rings (SSSR count). The van der Waals surface area contributed by atoms with E-state index in [0.717, 1.165) is 0 Å². The average molecular weight is 238 g/mol. The number of nitrogens with zero attached hydrogens (tertiary/aromatic N) is 4. The van der Waals surface area contributed by atoms with E-state index in [1.807, 2.05) is 6.07 Å². The quantitative estimate of drug-likeness (QED) is 0.797. The lowest BCUT2D eigenvalue weighted by Gasteiger charge is -2.15. The van der Waals surface area contributed by atoms with Gasteiger partial charge in [-0.3, -0.25) is 9.69 Å². The zero-order valence-electron chi connectivity index (χ0n) is 9.74. The monoisotopic (exact) mass is 238 g/mol. The first-order valence-corrected chi connectivity index (χ1v) is 5.27. The molecule has 1 amide bonds. The third-order valence-corrected chi connectivity index (χ3v) is 2.42. The Morgan fingerprint density at radius 3 is 2.78 bits per heavy atom. The fraction of sp³-hybridized carbons (Fsp3) is 0.0769. The van der Waals surface area contributed by atoms with Crippen LogP contribution in [-0.4, -0.2) is 22.9 Å². The van der Waals surface area contributed by atoms with Crippen LogP contribution in [0.2, 0.25) is 0 Å². The minimum atomic E-state index is -0.229. The van der Waals surface area contributed by atoms with E-state index in [1.165, 1.54) is 17.2 Å². The number of hydrogen-bond donors (Lipinski definition) is 0. The maximum absolute atomic E-state index is 12.2. The third kappa shape index (κ3) is 2.33. The number of aromatic nitrogens is 2. The number of pyridine rings is 2. The van der Waals surface area contributed by atoms with Gasteiger partial charge in [-0.05, 0) is 24.3 Å². The molecule has 0 fully saturated rings. The van der Waals surface area contributed by atoms with Crippen LogP contribution >= 0.6 is 0 Å². The van der Waals surface area contributed by atoms with Gasteiger partial charge in [0.15, 0.2) is 0 Å². The summed E-state index contributed by atoms with van der Waals surface area (Å²) >= 11 is 0. The molecule has 0 radical (unpaired) electrons. The molecule has 5 heteroatoms. The molecule has 0 saturated carbocycles. The van der Waals surface area contributed by atoms with E-state index in [9.17, 15) is 4.79 Å². The second-order valence-corrected chi connectivity index (χ2v) is 3.59. The van der Waals surface area contributed by atoms with E-state index in [0.29, 0.717) is 11.4 Å². The van der Waals surface area contributed by atoms with E-state index in [1.54, 1.807) is 37.5 Å². The Morgan fingerprint density at radius 1 is 1.28 bits per heavy atom. The Morgan fingerprint density at radius 2 is 2.11 bits per heavy atom. The first-order valence-electron chi connectivity index (χ1n) is 5.27. The summed E-state index contributed by atoms with van der Waals surface area (Å²) in [6.45, 7) is 0. The van der Waals surface area contributed by atoms with Crippen molar-refractivity contribution in [1.82, 2.24) is 9.97 Å². The second-order valence-electron chi connectivity index (χ2n) is 3.59. The maximum atomic E-state index is 12.2. The van der Waals surface area contributed by atoms with Gasteiger partial charge in [0.2, 0.25) is 0 Å². The molecule has 0 N–H and O–H groups in total. The van der Waals surface area contributed by atoms with Crippen molar-refractivity contribution in [3.8, 4) is 6.07 Å². The molecule has 0 atom stereocenters. The van der Waals surface area contributed by atoms with Crippen LogP contribution in [0.15, 0.2) is 42.7 Å². The maximum Gasteiger partial charge on any atom is 0.259 e. The molecule has 18 heavy (non-hydrogen) atoms. The molecule has 0 aliphatic carbocycles. The highest BCUT2D eigenvalue weighted by Crippen LogP contribution is 2.12. The minimum absolute atomic E-state index is 0.218. The third-order valence-electron chi connectivity index (χ3n) is 2.42. The molecule has 0 aromatic carbocycles. The first-order chi connectivity index (χ1) is 8.72. The van der Waals surface area contributed by atoms with Crippen LogP contribution in [0.25, 0.3) is 0 Å². The van der Waals surface area contributed by atoms with Crippen LogP contribution in [-0.2, 0) is 0 Å². The van der Waals surface area contributed by atoms with Crippen LogP contribution in [0.1, 0.15) is 16.1 Å². The van der Waals surface area contributed by atoms with Crippen molar-refractivity contribution in [2.45, 2.75) is 0 Å². The number of nitriles is 1. The summed E-state index contributed by atoms with van der Waals surface area (Å²) in [4.78, 5) is 21.5. The fourth-order valence-corrected chi connectivity index (χ4v) is 1.47. The molecule has 0 saturated heterocycles. The summed E-state index contributed by atoms with van der Waals surface area (Å²) in [5.74, 6) is 0.324. The molecule has 0 aliphatic heterocycles. The van der Waals surface area contributed by atoms with Crippen molar-refractivity contribution in [3.05, 3.63) is 54.0 Å². The summed E-state index contributed by atoms with van der Waals surface area (Å²) in [6, 6.07) is 10.3. The van der Waals surface area contributed by atoms with Crippen molar-refractivity contribution in [1.29, 1.82) is 5.26 Å². The molecule has 2 aromatic heterocycles. The second kappa shape index (κ2) is 5.06. The lowest BCUT2D eigenvalue weighted by atomic mass is 10.2. The number of anilines is 1. The van der Waals surface area contributed by atoms with Crippen molar-refractivity contribution >= 4 is 11.7 Å². The van der Waals surface area contributed by atoms with E-state index in [4.69, 9.17) is 5.26 Å². The molecular formula is C13H10N4O. The van der Waals surface area contributed by atoms with Gasteiger partial charge >= 0.3 is 0 Å².